The van der Waals surface area contributed by atoms with Gasteiger partial charge in [0, 0.05) is 37.0 Å². The summed E-state index contributed by atoms with van der Waals surface area (Å²) in [5, 5.41) is 0. The summed E-state index contributed by atoms with van der Waals surface area (Å²) in [5.41, 5.74) is -0.382. The molecule has 0 aromatic heterocycles. The number of hydrogen-bond donors (Lipinski definition) is 0. The van der Waals surface area contributed by atoms with E-state index in [-0.39, 0.29) is 16.7 Å². The fraction of sp³-hybridized carbons (Fsp3) is 0.842. The molecule has 4 saturated carbocycles. The lowest BCUT2D eigenvalue weighted by atomic mass is 9.45. The summed E-state index contributed by atoms with van der Waals surface area (Å²) >= 11 is 0. The molecule has 4 aliphatic rings. The van der Waals surface area contributed by atoms with Gasteiger partial charge in [0.2, 0.25) is 0 Å². The Hall–Kier alpha value is -0.990. The minimum atomic E-state index is -0.383. The van der Waals surface area contributed by atoms with Crippen LogP contribution in [0.5, 0.6) is 0 Å². The molecule has 120 valence electrons. The number of ketones is 3. The molecule has 0 aromatic carbocycles. The van der Waals surface area contributed by atoms with Crippen LogP contribution in [0.3, 0.4) is 0 Å². The first-order valence-corrected chi connectivity index (χ1v) is 8.94. The van der Waals surface area contributed by atoms with E-state index in [2.05, 4.69) is 6.92 Å². The van der Waals surface area contributed by atoms with Crippen molar-refractivity contribution < 1.29 is 14.4 Å². The summed E-state index contributed by atoms with van der Waals surface area (Å²) in [6.45, 7) is 4.30. The highest BCUT2D eigenvalue weighted by Crippen LogP contribution is 2.64. The zero-order valence-electron chi connectivity index (χ0n) is 13.7. The molecule has 0 heterocycles. The molecule has 4 aliphatic carbocycles. The van der Waals surface area contributed by atoms with Crippen molar-refractivity contribution in [3.05, 3.63) is 0 Å². The number of carbonyl (C=O) groups is 3. The zero-order chi connectivity index (χ0) is 15.7. The van der Waals surface area contributed by atoms with Crippen LogP contribution in [0.1, 0.15) is 65.2 Å². The summed E-state index contributed by atoms with van der Waals surface area (Å²) in [6, 6.07) is 0. The van der Waals surface area contributed by atoms with Gasteiger partial charge in [0.05, 0.1) is 0 Å². The van der Waals surface area contributed by atoms with Crippen LogP contribution in [0, 0.1) is 34.5 Å². The third-order valence-electron chi connectivity index (χ3n) is 7.88. The number of hydrogen-bond acceptors (Lipinski definition) is 3. The molecule has 0 spiro atoms. The lowest BCUT2D eigenvalue weighted by molar-refractivity contribution is -0.161. The van der Waals surface area contributed by atoms with Crippen molar-refractivity contribution in [2.75, 3.05) is 0 Å². The highest BCUT2D eigenvalue weighted by molar-refractivity contribution is 5.95. The molecule has 0 bridgehead atoms. The summed E-state index contributed by atoms with van der Waals surface area (Å²) < 4.78 is 0. The quantitative estimate of drug-likeness (QED) is 0.689. The van der Waals surface area contributed by atoms with E-state index in [1.54, 1.807) is 0 Å². The minimum Gasteiger partial charge on any atom is -0.300 e. The average molecular weight is 302 g/mol. The molecule has 3 nitrogen and oxygen atoms in total. The van der Waals surface area contributed by atoms with E-state index in [1.807, 2.05) is 6.92 Å². The van der Waals surface area contributed by atoms with Gasteiger partial charge in [-0.05, 0) is 48.9 Å². The maximum Gasteiger partial charge on any atom is 0.139 e. The molecule has 4 fully saturated rings. The minimum absolute atomic E-state index is 0.000871. The first-order valence-electron chi connectivity index (χ1n) is 8.94. The predicted octanol–water partition coefficient (Wildman–Crippen LogP) is 3.35. The maximum absolute atomic E-state index is 13.0. The maximum atomic E-state index is 13.0. The molecular weight excluding hydrogens is 276 g/mol. The van der Waals surface area contributed by atoms with Crippen molar-refractivity contribution >= 4 is 17.3 Å². The highest BCUT2D eigenvalue weighted by Gasteiger charge is 2.63. The van der Waals surface area contributed by atoms with Crippen molar-refractivity contribution in [1.29, 1.82) is 0 Å². The van der Waals surface area contributed by atoms with Crippen LogP contribution in [0.15, 0.2) is 0 Å². The molecule has 0 amide bonds. The smallest absolute Gasteiger partial charge is 0.139 e. The van der Waals surface area contributed by atoms with Crippen LogP contribution < -0.4 is 0 Å². The lowest BCUT2D eigenvalue weighted by Crippen LogP contribution is -2.57. The van der Waals surface area contributed by atoms with Crippen molar-refractivity contribution in [1.82, 2.24) is 0 Å². The van der Waals surface area contributed by atoms with Gasteiger partial charge in [-0.3, -0.25) is 14.4 Å². The molecule has 0 aromatic rings. The molecule has 0 N–H and O–H groups in total. The number of Topliss-reactive ketones (excluding diaryl/α,β-unsaturated/α-hetero) is 3. The van der Waals surface area contributed by atoms with E-state index < -0.39 is 0 Å². The second-order valence-corrected chi connectivity index (χ2v) is 8.79. The predicted molar refractivity (Wildman–Crippen MR) is 82.1 cm³/mol. The Kier molecular flexibility index (Phi) is 3.00. The molecule has 3 heteroatoms. The Balaban J connectivity index is 1.72. The Morgan fingerprint density at radius 2 is 1.77 bits per heavy atom. The van der Waals surface area contributed by atoms with Crippen molar-refractivity contribution in [3.63, 3.8) is 0 Å². The SMILES string of the molecule is C[C@@]12CCC(=O)C[C@@H]1CC[C@H]1[C@H]2C(=O)C[C@]2(C)C(=O)CC[C@@H]12. The van der Waals surface area contributed by atoms with Gasteiger partial charge in [-0.2, -0.15) is 0 Å². The summed E-state index contributed by atoms with van der Waals surface area (Å²) in [4.78, 5) is 37.2. The van der Waals surface area contributed by atoms with Gasteiger partial charge in [-0.1, -0.05) is 13.8 Å². The van der Waals surface area contributed by atoms with E-state index >= 15 is 0 Å². The Labute approximate surface area is 132 Å². The van der Waals surface area contributed by atoms with E-state index in [9.17, 15) is 14.4 Å². The van der Waals surface area contributed by atoms with Crippen molar-refractivity contribution in [2.24, 2.45) is 34.5 Å². The first kappa shape index (κ1) is 14.6. The lowest BCUT2D eigenvalue weighted by Gasteiger charge is -2.58. The van der Waals surface area contributed by atoms with E-state index in [4.69, 9.17) is 0 Å². The molecule has 0 unspecified atom stereocenters. The van der Waals surface area contributed by atoms with E-state index in [1.165, 1.54) is 0 Å². The summed E-state index contributed by atoms with van der Waals surface area (Å²) in [7, 11) is 0. The molecule has 0 radical (unpaired) electrons. The van der Waals surface area contributed by atoms with Crippen LogP contribution in [0.2, 0.25) is 0 Å². The monoisotopic (exact) mass is 302 g/mol. The van der Waals surface area contributed by atoms with Gasteiger partial charge in [-0.25, -0.2) is 0 Å². The molecule has 0 saturated heterocycles. The fourth-order valence-corrected chi connectivity index (χ4v) is 6.64. The van der Waals surface area contributed by atoms with E-state index in [0.717, 1.165) is 25.7 Å². The Bertz CT molecular complexity index is 565. The molecule has 4 rings (SSSR count). The summed E-state index contributed by atoms with van der Waals surface area (Å²) in [5.74, 6) is 2.29. The average Bonchev–Trinajstić information content (AvgIpc) is 2.75. The fourth-order valence-electron chi connectivity index (χ4n) is 6.64. The Morgan fingerprint density at radius 1 is 1.00 bits per heavy atom. The zero-order valence-corrected chi connectivity index (χ0v) is 13.7. The standard InChI is InChI=1S/C19H26O3/c1-18-8-7-12(20)9-11(18)3-4-13-14-5-6-16(22)19(14,2)10-15(21)17(13)18/h11,13-14,17H,3-10H2,1-2H3/t11-,13+,14-,17-,18+,19-/m0/s1. The second kappa shape index (κ2) is 4.52. The van der Waals surface area contributed by atoms with Crippen molar-refractivity contribution in [2.45, 2.75) is 65.2 Å². The van der Waals surface area contributed by atoms with E-state index in [0.29, 0.717) is 60.8 Å². The molecular formula is C19H26O3. The van der Waals surface area contributed by atoms with Crippen LogP contribution in [-0.4, -0.2) is 17.3 Å². The number of fused-ring (bicyclic) bond motifs is 5. The largest absolute Gasteiger partial charge is 0.300 e. The topological polar surface area (TPSA) is 51.2 Å². The highest BCUT2D eigenvalue weighted by atomic mass is 16.1. The normalized spacial score (nSPS) is 51.3. The van der Waals surface area contributed by atoms with Gasteiger partial charge < -0.3 is 0 Å². The number of carbonyl (C=O) groups excluding carboxylic acids is 3. The van der Waals surface area contributed by atoms with Crippen LogP contribution >= 0.6 is 0 Å². The third kappa shape index (κ3) is 1.71. The number of rotatable bonds is 0. The molecule has 0 aliphatic heterocycles. The second-order valence-electron chi connectivity index (χ2n) is 8.79. The van der Waals surface area contributed by atoms with Gasteiger partial charge >= 0.3 is 0 Å². The van der Waals surface area contributed by atoms with Crippen LogP contribution in [-0.2, 0) is 14.4 Å². The van der Waals surface area contributed by atoms with Crippen molar-refractivity contribution in [3.8, 4) is 0 Å². The van der Waals surface area contributed by atoms with Crippen LogP contribution in [0.4, 0.5) is 0 Å². The van der Waals surface area contributed by atoms with Gasteiger partial charge in [0.1, 0.15) is 17.3 Å². The molecule has 6 atom stereocenters. The first-order chi connectivity index (χ1) is 10.4. The molecule has 22 heavy (non-hydrogen) atoms. The van der Waals surface area contributed by atoms with Gasteiger partial charge in [-0.15, -0.1) is 0 Å². The Morgan fingerprint density at radius 3 is 2.55 bits per heavy atom. The van der Waals surface area contributed by atoms with Gasteiger partial charge in [0.15, 0.2) is 0 Å². The summed E-state index contributed by atoms with van der Waals surface area (Å²) in [6.07, 6.45) is 6.39. The van der Waals surface area contributed by atoms with Crippen LogP contribution in [0.25, 0.3) is 0 Å². The third-order valence-corrected chi connectivity index (χ3v) is 7.88. The van der Waals surface area contributed by atoms with Gasteiger partial charge in [0.25, 0.3) is 0 Å².